The molecule has 1 saturated heterocycles. The Morgan fingerprint density at radius 2 is 2.32 bits per heavy atom. The van der Waals surface area contributed by atoms with E-state index in [0.717, 1.165) is 6.42 Å². The molecule has 19 heavy (non-hydrogen) atoms. The average Bonchev–Trinajstić information content (AvgIpc) is 3.09. The molecular weight excluding hydrogens is 251 g/mol. The van der Waals surface area contributed by atoms with Gasteiger partial charge in [0, 0.05) is 18.6 Å². The first kappa shape index (κ1) is 12.1. The second-order valence-corrected chi connectivity index (χ2v) is 4.36. The maximum absolute atomic E-state index is 13.9. The maximum atomic E-state index is 13.9. The molecule has 1 atom stereocenters. The van der Waals surface area contributed by atoms with Crippen LogP contribution >= 0.6 is 0 Å². The van der Waals surface area contributed by atoms with Gasteiger partial charge in [0.05, 0.1) is 19.3 Å². The quantitative estimate of drug-likeness (QED) is 0.852. The zero-order chi connectivity index (χ0) is 13.2. The number of benzene rings is 1. The van der Waals surface area contributed by atoms with Gasteiger partial charge in [0.1, 0.15) is 11.6 Å². The minimum atomic E-state index is -0.447. The van der Waals surface area contributed by atoms with Crippen LogP contribution in [-0.2, 0) is 4.74 Å². The van der Waals surface area contributed by atoms with Gasteiger partial charge in [-0.2, -0.15) is 4.98 Å². The zero-order valence-electron chi connectivity index (χ0n) is 10.4. The molecule has 0 amide bonds. The van der Waals surface area contributed by atoms with Gasteiger partial charge in [-0.25, -0.2) is 4.39 Å². The van der Waals surface area contributed by atoms with Crippen LogP contribution in [0.25, 0.3) is 11.5 Å². The third-order valence-corrected chi connectivity index (χ3v) is 3.14. The molecular formula is C13H13FN2O3. The summed E-state index contributed by atoms with van der Waals surface area (Å²) in [5.74, 6) is 0.894. The van der Waals surface area contributed by atoms with Gasteiger partial charge >= 0.3 is 0 Å². The van der Waals surface area contributed by atoms with Crippen molar-refractivity contribution in [3.63, 3.8) is 0 Å². The highest BCUT2D eigenvalue weighted by Gasteiger charge is 2.24. The van der Waals surface area contributed by atoms with Crippen LogP contribution in [-0.4, -0.2) is 30.5 Å². The van der Waals surface area contributed by atoms with Crippen molar-refractivity contribution in [1.29, 1.82) is 0 Å². The average molecular weight is 264 g/mol. The van der Waals surface area contributed by atoms with Crippen molar-refractivity contribution < 1.29 is 18.4 Å². The van der Waals surface area contributed by atoms with E-state index in [1.165, 1.54) is 13.2 Å². The van der Waals surface area contributed by atoms with Crippen LogP contribution in [0.2, 0.25) is 0 Å². The predicted molar refractivity (Wildman–Crippen MR) is 64.4 cm³/mol. The first-order valence-corrected chi connectivity index (χ1v) is 6.03. The Kier molecular flexibility index (Phi) is 3.16. The van der Waals surface area contributed by atoms with Gasteiger partial charge < -0.3 is 14.0 Å². The van der Waals surface area contributed by atoms with Crippen LogP contribution < -0.4 is 4.74 Å². The van der Waals surface area contributed by atoms with E-state index in [0.29, 0.717) is 24.8 Å². The van der Waals surface area contributed by atoms with Gasteiger partial charge in [0.15, 0.2) is 5.82 Å². The van der Waals surface area contributed by atoms with E-state index >= 15 is 0 Å². The lowest BCUT2D eigenvalue weighted by molar-refractivity contribution is 0.192. The van der Waals surface area contributed by atoms with E-state index in [2.05, 4.69) is 10.1 Å². The highest BCUT2D eigenvalue weighted by molar-refractivity contribution is 5.55. The molecule has 1 aliphatic heterocycles. The second-order valence-electron chi connectivity index (χ2n) is 4.36. The summed E-state index contributed by atoms with van der Waals surface area (Å²) in [6.45, 7) is 1.29. The molecule has 0 bridgehead atoms. The first-order chi connectivity index (χ1) is 9.28. The lowest BCUT2D eigenvalue weighted by Crippen LogP contribution is -1.99. The van der Waals surface area contributed by atoms with Crippen LogP contribution in [0.4, 0.5) is 4.39 Å². The first-order valence-electron chi connectivity index (χ1n) is 6.03. The molecule has 2 heterocycles. The molecule has 2 aromatic rings. The highest BCUT2D eigenvalue weighted by Crippen LogP contribution is 2.28. The summed E-state index contributed by atoms with van der Waals surface area (Å²) in [7, 11) is 1.49. The number of ether oxygens (including phenoxy) is 2. The van der Waals surface area contributed by atoms with E-state index < -0.39 is 5.82 Å². The van der Waals surface area contributed by atoms with Crippen molar-refractivity contribution in [2.24, 2.45) is 0 Å². The molecule has 0 aliphatic carbocycles. The summed E-state index contributed by atoms with van der Waals surface area (Å²) in [6.07, 6.45) is 0.865. The third-order valence-electron chi connectivity index (χ3n) is 3.14. The zero-order valence-corrected chi connectivity index (χ0v) is 10.4. The fourth-order valence-corrected chi connectivity index (χ4v) is 2.04. The number of hydrogen-bond acceptors (Lipinski definition) is 5. The fourth-order valence-electron chi connectivity index (χ4n) is 2.04. The van der Waals surface area contributed by atoms with Crippen molar-refractivity contribution in [3.8, 4) is 17.2 Å². The van der Waals surface area contributed by atoms with Crippen LogP contribution in [0.15, 0.2) is 22.7 Å². The molecule has 0 N–H and O–H groups in total. The Balaban J connectivity index is 1.89. The fraction of sp³-hybridized carbons (Fsp3) is 0.385. The minimum absolute atomic E-state index is 0.138. The van der Waals surface area contributed by atoms with Crippen LogP contribution in [0.1, 0.15) is 18.2 Å². The van der Waals surface area contributed by atoms with Gasteiger partial charge in [0.25, 0.3) is 5.89 Å². The predicted octanol–water partition coefficient (Wildman–Crippen LogP) is 2.39. The van der Waals surface area contributed by atoms with E-state index in [-0.39, 0.29) is 17.4 Å². The maximum Gasteiger partial charge on any atom is 0.260 e. The van der Waals surface area contributed by atoms with E-state index in [1.54, 1.807) is 12.1 Å². The molecule has 0 radical (unpaired) electrons. The van der Waals surface area contributed by atoms with Gasteiger partial charge in [-0.05, 0) is 18.6 Å². The Hall–Kier alpha value is -1.95. The summed E-state index contributed by atoms with van der Waals surface area (Å²) in [6, 6.07) is 4.51. The van der Waals surface area contributed by atoms with Crippen molar-refractivity contribution >= 4 is 0 Å². The summed E-state index contributed by atoms with van der Waals surface area (Å²) in [5, 5.41) is 3.89. The lowest BCUT2D eigenvalue weighted by atomic mass is 10.1. The summed E-state index contributed by atoms with van der Waals surface area (Å²) >= 11 is 0. The van der Waals surface area contributed by atoms with Crippen LogP contribution in [0.5, 0.6) is 5.75 Å². The number of halogens is 1. The minimum Gasteiger partial charge on any atom is -0.497 e. The van der Waals surface area contributed by atoms with Gasteiger partial charge in [-0.15, -0.1) is 0 Å². The molecule has 0 saturated carbocycles. The molecule has 5 nitrogen and oxygen atoms in total. The van der Waals surface area contributed by atoms with Crippen molar-refractivity contribution in [2.45, 2.75) is 12.3 Å². The largest absolute Gasteiger partial charge is 0.497 e. The van der Waals surface area contributed by atoms with Gasteiger partial charge in [-0.1, -0.05) is 5.16 Å². The van der Waals surface area contributed by atoms with Crippen molar-refractivity contribution in [3.05, 3.63) is 29.8 Å². The second kappa shape index (κ2) is 4.97. The number of methoxy groups -OCH3 is 1. The normalized spacial score (nSPS) is 18.7. The van der Waals surface area contributed by atoms with Crippen LogP contribution in [0.3, 0.4) is 0 Å². The topological polar surface area (TPSA) is 57.4 Å². The Labute approximate surface area is 109 Å². The summed E-state index contributed by atoms with van der Waals surface area (Å²) in [5.41, 5.74) is 0.276. The smallest absolute Gasteiger partial charge is 0.260 e. The van der Waals surface area contributed by atoms with Gasteiger partial charge in [-0.3, -0.25) is 0 Å². The number of hydrogen-bond donors (Lipinski definition) is 0. The molecule has 3 rings (SSSR count). The number of rotatable bonds is 3. The molecule has 1 aromatic carbocycles. The third kappa shape index (κ3) is 2.31. The lowest BCUT2D eigenvalue weighted by Gasteiger charge is -2.01. The van der Waals surface area contributed by atoms with Crippen molar-refractivity contribution in [1.82, 2.24) is 10.1 Å². The Morgan fingerprint density at radius 3 is 3.00 bits per heavy atom. The number of nitrogens with zero attached hydrogens (tertiary/aromatic N) is 2. The highest BCUT2D eigenvalue weighted by atomic mass is 19.1. The summed E-state index contributed by atoms with van der Waals surface area (Å²) < 4.78 is 29.2. The van der Waals surface area contributed by atoms with E-state index in [1.807, 2.05) is 0 Å². The Bertz CT molecular complexity index is 579. The molecule has 6 heteroatoms. The SMILES string of the molecule is COc1ccc(-c2nc(C3CCOC3)no2)c(F)c1. The monoisotopic (exact) mass is 264 g/mol. The molecule has 0 spiro atoms. The molecule has 100 valence electrons. The molecule has 1 aromatic heterocycles. The Morgan fingerprint density at radius 1 is 1.42 bits per heavy atom. The van der Waals surface area contributed by atoms with Gasteiger partial charge in [0.2, 0.25) is 0 Å². The van der Waals surface area contributed by atoms with Crippen molar-refractivity contribution in [2.75, 3.05) is 20.3 Å². The van der Waals surface area contributed by atoms with Crippen LogP contribution in [0, 0.1) is 5.82 Å². The summed E-state index contributed by atoms with van der Waals surface area (Å²) in [4.78, 5) is 4.24. The number of aromatic nitrogens is 2. The molecule has 1 fully saturated rings. The molecule has 1 unspecified atom stereocenters. The molecule has 1 aliphatic rings. The van der Waals surface area contributed by atoms with E-state index in [4.69, 9.17) is 14.0 Å². The standard InChI is InChI=1S/C13H13FN2O3/c1-17-9-2-3-10(11(14)6-9)13-15-12(16-19-13)8-4-5-18-7-8/h2-3,6,8H,4-5,7H2,1H3. The van der Waals surface area contributed by atoms with E-state index in [9.17, 15) is 4.39 Å².